The molecule has 0 aliphatic heterocycles. The molecule has 0 heterocycles. The molecule has 46 heavy (non-hydrogen) atoms. The van der Waals surface area contributed by atoms with Crippen molar-refractivity contribution in [1.29, 1.82) is 0 Å². The molecule has 0 aromatic rings. The Morgan fingerprint density at radius 1 is 0.630 bits per heavy atom. The van der Waals surface area contributed by atoms with E-state index in [9.17, 15) is 28.7 Å². The minimum absolute atomic E-state index is 0. The van der Waals surface area contributed by atoms with E-state index in [-0.39, 0.29) is 89.9 Å². The first-order valence-electron chi connectivity index (χ1n) is 11.1. The molecule has 0 aliphatic rings. The SMILES string of the molecule is CC#CC#CC#CC#CC#CC#CC#CC(=O)O[C@@H](COC(=O)C#CC#CC#CC#CC#CC)COP(=O)([O-])[O-].CC(=O)S.[HH].[HH].[HH].[HH].[HH].[HH].[HH].[HH].[HH].[HH].[HH].[HH].[HH].[HH].[HH].[HH].[HH].[HH].[Na+].[Na+]. The van der Waals surface area contributed by atoms with Gasteiger partial charge in [-0.25, -0.2) is 9.59 Å². The molecule has 0 aliphatic carbocycles. The van der Waals surface area contributed by atoms with Gasteiger partial charge in [0.1, 0.15) is 6.61 Å². The summed E-state index contributed by atoms with van der Waals surface area (Å²) in [4.78, 5) is 54.2. The van der Waals surface area contributed by atoms with Gasteiger partial charge in [0.15, 0.2) is 11.2 Å². The van der Waals surface area contributed by atoms with Crippen LogP contribution in [-0.2, 0) is 32.9 Å². The summed E-state index contributed by atoms with van der Waals surface area (Å²) in [5.41, 5.74) is 0. The van der Waals surface area contributed by atoms with Gasteiger partial charge in [0.05, 0.1) is 14.4 Å². The fourth-order valence-electron chi connectivity index (χ4n) is 1.47. The molecule has 1 atom stereocenters. The summed E-state index contributed by atoms with van der Waals surface area (Å²) in [6, 6.07) is 0. The number of carbonyl (C=O) groups excluding carboxylic acids is 3. The Kier molecular flexibility index (Phi) is 37.3. The molecule has 9 nitrogen and oxygen atoms in total. The number of phosphoric acid groups is 1. The molecule has 0 saturated carbocycles. The van der Waals surface area contributed by atoms with E-state index in [0.29, 0.717) is 0 Å². The second-order valence-corrected chi connectivity index (χ2v) is 7.92. The second kappa shape index (κ2) is 35.3. The first-order valence-corrected chi connectivity index (χ1v) is 13.0. The first-order chi connectivity index (χ1) is 21.0. The second-order valence-electron chi connectivity index (χ2n) is 6.14. The summed E-state index contributed by atoms with van der Waals surface area (Å²) in [6.07, 6.45) is -1.51. The molecular weight excluding hydrogens is 649 g/mol. The van der Waals surface area contributed by atoms with Gasteiger partial charge in [-0.05, 0) is 132 Å². The van der Waals surface area contributed by atoms with Crippen molar-refractivity contribution >= 4 is 37.5 Å². The Labute approximate surface area is 345 Å². The Morgan fingerprint density at radius 2 is 0.935 bits per heavy atom. The zero-order valence-corrected chi connectivity index (χ0v) is 30.8. The van der Waals surface area contributed by atoms with E-state index in [4.69, 9.17) is 9.47 Å². The molecule has 0 unspecified atom stereocenters. The molecule has 250 valence electrons. The van der Waals surface area contributed by atoms with Crippen molar-refractivity contribution in [1.82, 2.24) is 0 Å². The minimum Gasteiger partial charge on any atom is -0.790 e. The molecular formula is C33H51Na2O9PS. The van der Waals surface area contributed by atoms with Gasteiger partial charge < -0.3 is 28.3 Å². The zero-order chi connectivity index (χ0) is 33.3. The third kappa shape index (κ3) is 44.2. The van der Waals surface area contributed by atoms with Crippen molar-refractivity contribution in [3.8, 4) is 142 Å². The molecule has 0 fully saturated rings. The van der Waals surface area contributed by atoms with Crippen molar-refractivity contribution in [2.75, 3.05) is 13.2 Å². The van der Waals surface area contributed by atoms with Crippen LogP contribution in [0.1, 0.15) is 46.5 Å². The number of hydrogen-bond donors (Lipinski definition) is 1. The van der Waals surface area contributed by atoms with Gasteiger partial charge in [-0.15, -0.1) is 12.6 Å². The minimum atomic E-state index is -5.41. The van der Waals surface area contributed by atoms with Crippen LogP contribution < -0.4 is 68.9 Å². The van der Waals surface area contributed by atoms with E-state index in [1.807, 2.05) is 11.8 Å². The number of esters is 2. The Balaban J connectivity index is -0.0000000352. The van der Waals surface area contributed by atoms with E-state index in [1.54, 1.807) is 13.8 Å². The van der Waals surface area contributed by atoms with Crippen LogP contribution >= 0.6 is 20.5 Å². The largest absolute Gasteiger partial charge is 1.00 e. The maximum Gasteiger partial charge on any atom is 1.00 e. The van der Waals surface area contributed by atoms with Crippen LogP contribution in [0.4, 0.5) is 0 Å². The van der Waals surface area contributed by atoms with Crippen LogP contribution in [0.2, 0.25) is 0 Å². The molecule has 0 amide bonds. The monoisotopic (exact) mass is 700 g/mol. The molecule has 0 bridgehead atoms. The van der Waals surface area contributed by atoms with Gasteiger partial charge >= 0.3 is 71.1 Å². The number of phosphoric ester groups is 1. The summed E-state index contributed by atoms with van der Waals surface area (Å²) >= 11 is 3.33. The molecule has 0 radical (unpaired) electrons. The predicted molar refractivity (Wildman–Crippen MR) is 197 cm³/mol. The number of rotatable bonds is 6. The third-order valence-electron chi connectivity index (χ3n) is 2.80. The quantitative estimate of drug-likeness (QED) is 0.0781. The van der Waals surface area contributed by atoms with Gasteiger partial charge in [-0.2, -0.15) is 0 Å². The van der Waals surface area contributed by atoms with E-state index in [1.165, 1.54) is 6.92 Å². The van der Waals surface area contributed by atoms with Gasteiger partial charge in [-0.3, -0.25) is 4.79 Å². The number of hydrogen-bond acceptors (Lipinski definition) is 9. The topological polar surface area (TPSA) is 142 Å². The van der Waals surface area contributed by atoms with Crippen LogP contribution in [0.25, 0.3) is 0 Å². The van der Waals surface area contributed by atoms with Gasteiger partial charge in [0.25, 0.3) is 0 Å². The summed E-state index contributed by atoms with van der Waals surface area (Å²) in [5, 5.41) is -0.139. The van der Waals surface area contributed by atoms with E-state index in [0.717, 1.165) is 0 Å². The van der Waals surface area contributed by atoms with Crippen molar-refractivity contribution in [2.24, 2.45) is 0 Å². The van der Waals surface area contributed by atoms with E-state index >= 15 is 0 Å². The Hall–Kier alpha value is -4.21. The summed E-state index contributed by atoms with van der Waals surface area (Å²) in [6.45, 7) is 3.00. The van der Waals surface area contributed by atoms with Gasteiger partial charge in [0, 0.05) is 44.4 Å². The van der Waals surface area contributed by atoms with E-state index < -0.39 is 39.1 Å². The average Bonchev–Trinajstić information content (AvgIpc) is 2.95. The van der Waals surface area contributed by atoms with Crippen molar-refractivity contribution in [3.05, 3.63) is 0 Å². The molecule has 0 saturated heterocycles. The molecule has 0 rings (SSSR count). The fraction of sp³-hybridized carbons (Fsp3) is 0.182. The normalized spacial score (nSPS) is 7.17. The molecule has 0 N–H and O–H groups in total. The van der Waals surface area contributed by atoms with Crippen LogP contribution in [0, 0.1) is 142 Å². The standard InChI is InChI=1S/C31H13O8P.C2H4OS.2Na.18H2/c1-3-5-7-9-11-13-14-15-16-18-20-22-24-26-31(33)39-29(28-38-40(34,35)36)27-37-30(32)25-23-21-19-17-12-10-8-6-4-2;1-2(3)4;;;;;;;;;;;;;;;;;;;;/h29H,27-28H2,1-2H3,(H2,34,35,36);1H3,(H,3,4);;;18*1H/q;;2*+1;;;;;;;;;;;;;;;;;;/p-2/t29-;;;;;;;;;;;;;;;;;;;;;/m0...................../s1. The summed E-state index contributed by atoms with van der Waals surface area (Å²) < 4.78 is 24.3. The number of ether oxygens (including phenoxy) is 2. The van der Waals surface area contributed by atoms with Crippen molar-refractivity contribution < 1.29 is 128 Å². The maximum atomic E-state index is 11.8. The zero-order valence-electron chi connectivity index (χ0n) is 25.1. The van der Waals surface area contributed by atoms with Crippen LogP contribution in [0.3, 0.4) is 0 Å². The van der Waals surface area contributed by atoms with Crippen molar-refractivity contribution in [3.63, 3.8) is 0 Å². The third-order valence-corrected chi connectivity index (χ3v) is 3.26. The van der Waals surface area contributed by atoms with Crippen LogP contribution in [0.5, 0.6) is 0 Å². The molecule has 0 aromatic carbocycles. The van der Waals surface area contributed by atoms with Crippen molar-refractivity contribution in [2.45, 2.75) is 26.9 Å². The van der Waals surface area contributed by atoms with Gasteiger partial charge in [-0.1, -0.05) is 11.8 Å². The number of thiol groups is 1. The van der Waals surface area contributed by atoms with E-state index in [2.05, 4.69) is 147 Å². The maximum absolute atomic E-state index is 11.8. The first kappa shape index (κ1) is 48.7. The van der Waals surface area contributed by atoms with Crippen LogP contribution in [-0.4, -0.2) is 36.4 Å². The molecule has 13 heteroatoms. The summed E-state index contributed by atoms with van der Waals surface area (Å²) in [7, 11) is -5.41. The van der Waals surface area contributed by atoms with Crippen LogP contribution in [0.15, 0.2) is 0 Å². The predicted octanol–water partition coefficient (Wildman–Crippen LogP) is -2.73. The molecule has 0 spiro atoms. The van der Waals surface area contributed by atoms with Gasteiger partial charge in [0.2, 0.25) is 0 Å². The average molecular weight is 701 g/mol. The molecule has 0 aromatic heterocycles. The Bertz CT molecular complexity index is 1980. The Morgan fingerprint density at radius 3 is 1.26 bits per heavy atom. The fourth-order valence-corrected chi connectivity index (χ4v) is 1.81. The number of carbonyl (C=O) groups is 3. The summed E-state index contributed by atoms with van der Waals surface area (Å²) in [5.74, 6) is 54.0. The smallest absolute Gasteiger partial charge is 0.790 e.